The van der Waals surface area contributed by atoms with Crippen LogP contribution in [0.4, 0.5) is 4.39 Å². The van der Waals surface area contributed by atoms with Crippen LogP contribution >= 0.6 is 0 Å². The van der Waals surface area contributed by atoms with Gasteiger partial charge in [0, 0.05) is 25.3 Å². The van der Waals surface area contributed by atoms with Crippen LogP contribution in [0, 0.1) is 11.7 Å². The van der Waals surface area contributed by atoms with Crippen molar-refractivity contribution in [3.05, 3.63) is 29.6 Å². The first-order chi connectivity index (χ1) is 9.11. The average Bonchev–Trinajstić information content (AvgIpc) is 2.41. The molecule has 0 aromatic heterocycles. The lowest BCUT2D eigenvalue weighted by molar-refractivity contribution is 0.0715. The topological polar surface area (TPSA) is 32.7 Å². The fraction of sp³-hybridized carbons (Fsp3) is 0.600. The fourth-order valence-corrected chi connectivity index (χ4v) is 2.88. The van der Waals surface area contributed by atoms with E-state index in [0.717, 1.165) is 26.1 Å². The molecule has 0 spiro atoms. The van der Waals surface area contributed by atoms with Gasteiger partial charge in [-0.3, -0.25) is 4.90 Å². The number of hydrogen-bond acceptors (Lipinski definition) is 3. The van der Waals surface area contributed by atoms with Crippen molar-refractivity contribution >= 4 is 0 Å². The molecular formula is C15H22FNO2. The van der Waals surface area contributed by atoms with E-state index in [1.807, 2.05) is 6.92 Å². The second kappa shape index (κ2) is 6.35. The highest BCUT2D eigenvalue weighted by molar-refractivity contribution is 5.35. The molecule has 0 bridgehead atoms. The van der Waals surface area contributed by atoms with E-state index >= 15 is 0 Å². The zero-order chi connectivity index (χ0) is 13.8. The number of rotatable bonds is 4. The van der Waals surface area contributed by atoms with Crippen LogP contribution in [0.5, 0.6) is 5.75 Å². The molecule has 1 aromatic carbocycles. The Balaban J connectivity index is 2.10. The summed E-state index contributed by atoms with van der Waals surface area (Å²) in [5.41, 5.74) is 0.665. The average molecular weight is 267 g/mol. The van der Waals surface area contributed by atoms with E-state index < -0.39 is 0 Å². The summed E-state index contributed by atoms with van der Waals surface area (Å²) in [4.78, 5) is 2.29. The lowest BCUT2D eigenvalue weighted by Gasteiger charge is -2.37. The van der Waals surface area contributed by atoms with Crippen molar-refractivity contribution in [3.8, 4) is 5.75 Å². The van der Waals surface area contributed by atoms with Gasteiger partial charge in [0.15, 0.2) is 0 Å². The first kappa shape index (κ1) is 14.3. The predicted octanol–water partition coefficient (Wildman–Crippen LogP) is 2.95. The standard InChI is InChI=1S/C15H22FNO2/c1-11(14-8-13(16)5-6-15(14)18)17-7-3-4-12(9-17)10-19-2/h5-6,8,11-12,18H,3-4,7,9-10H2,1-2H3. The summed E-state index contributed by atoms with van der Waals surface area (Å²) in [6.45, 7) is 4.70. The molecule has 1 heterocycles. The van der Waals surface area contributed by atoms with E-state index in [9.17, 15) is 9.50 Å². The van der Waals surface area contributed by atoms with Gasteiger partial charge in [-0.1, -0.05) is 0 Å². The van der Waals surface area contributed by atoms with E-state index in [4.69, 9.17) is 4.74 Å². The smallest absolute Gasteiger partial charge is 0.123 e. The maximum absolute atomic E-state index is 13.3. The third-order valence-electron chi connectivity index (χ3n) is 3.94. The largest absolute Gasteiger partial charge is 0.508 e. The molecule has 0 saturated carbocycles. The van der Waals surface area contributed by atoms with Gasteiger partial charge in [0.1, 0.15) is 11.6 Å². The molecule has 1 saturated heterocycles. The van der Waals surface area contributed by atoms with Gasteiger partial charge in [-0.05, 0) is 50.4 Å². The van der Waals surface area contributed by atoms with Crippen molar-refractivity contribution in [3.63, 3.8) is 0 Å². The highest BCUT2D eigenvalue weighted by Gasteiger charge is 2.25. The molecule has 2 rings (SSSR count). The minimum absolute atomic E-state index is 0.0235. The lowest BCUT2D eigenvalue weighted by Crippen LogP contribution is -2.38. The molecule has 2 unspecified atom stereocenters. The number of aromatic hydroxyl groups is 1. The van der Waals surface area contributed by atoms with Crippen LogP contribution in [-0.4, -0.2) is 36.8 Å². The van der Waals surface area contributed by atoms with Crippen LogP contribution in [-0.2, 0) is 4.74 Å². The summed E-state index contributed by atoms with van der Waals surface area (Å²) in [6, 6.07) is 4.17. The van der Waals surface area contributed by atoms with Crippen molar-refractivity contribution in [1.29, 1.82) is 0 Å². The van der Waals surface area contributed by atoms with Crippen LogP contribution in [0.1, 0.15) is 31.4 Å². The van der Waals surface area contributed by atoms with E-state index in [1.165, 1.54) is 24.6 Å². The Bertz CT molecular complexity index is 423. The number of hydrogen-bond donors (Lipinski definition) is 1. The molecule has 2 atom stereocenters. The normalized spacial score (nSPS) is 22.4. The van der Waals surface area contributed by atoms with E-state index in [1.54, 1.807) is 7.11 Å². The quantitative estimate of drug-likeness (QED) is 0.910. The summed E-state index contributed by atoms with van der Waals surface area (Å²) in [5, 5.41) is 9.89. The summed E-state index contributed by atoms with van der Waals surface area (Å²) in [6.07, 6.45) is 2.29. The molecule has 0 amide bonds. The van der Waals surface area contributed by atoms with Gasteiger partial charge < -0.3 is 9.84 Å². The summed E-state index contributed by atoms with van der Waals surface area (Å²) >= 11 is 0. The summed E-state index contributed by atoms with van der Waals surface area (Å²) < 4.78 is 18.5. The molecule has 1 N–H and O–H groups in total. The fourth-order valence-electron chi connectivity index (χ4n) is 2.88. The second-order valence-corrected chi connectivity index (χ2v) is 5.34. The Morgan fingerprint density at radius 3 is 3.05 bits per heavy atom. The van der Waals surface area contributed by atoms with Gasteiger partial charge in [0.2, 0.25) is 0 Å². The van der Waals surface area contributed by atoms with E-state index in [0.29, 0.717) is 11.5 Å². The van der Waals surface area contributed by atoms with Gasteiger partial charge in [-0.25, -0.2) is 4.39 Å². The molecule has 0 aliphatic carbocycles. The first-order valence-corrected chi connectivity index (χ1v) is 6.83. The molecule has 3 nitrogen and oxygen atoms in total. The molecule has 1 aliphatic rings. The van der Waals surface area contributed by atoms with E-state index in [2.05, 4.69) is 4.90 Å². The molecule has 4 heteroatoms. The number of ether oxygens (including phenoxy) is 1. The zero-order valence-corrected chi connectivity index (χ0v) is 11.6. The van der Waals surface area contributed by atoms with E-state index in [-0.39, 0.29) is 17.6 Å². The minimum atomic E-state index is -0.301. The van der Waals surface area contributed by atoms with Gasteiger partial charge in [0.25, 0.3) is 0 Å². The number of likely N-dealkylation sites (tertiary alicyclic amines) is 1. The van der Waals surface area contributed by atoms with Gasteiger partial charge in [0.05, 0.1) is 6.61 Å². The minimum Gasteiger partial charge on any atom is -0.508 e. The Morgan fingerprint density at radius 2 is 2.32 bits per heavy atom. The van der Waals surface area contributed by atoms with Crippen molar-refractivity contribution in [2.45, 2.75) is 25.8 Å². The molecule has 1 aliphatic heterocycles. The number of piperidine rings is 1. The van der Waals surface area contributed by atoms with Crippen LogP contribution in [0.2, 0.25) is 0 Å². The number of phenolic OH excluding ortho intramolecular Hbond substituents is 1. The SMILES string of the molecule is COCC1CCCN(C(C)c2cc(F)ccc2O)C1. The molecular weight excluding hydrogens is 245 g/mol. The number of halogens is 1. The van der Waals surface area contributed by atoms with Crippen LogP contribution in [0.25, 0.3) is 0 Å². The molecule has 1 fully saturated rings. The van der Waals surface area contributed by atoms with Crippen molar-refractivity contribution in [1.82, 2.24) is 4.90 Å². The summed E-state index contributed by atoms with van der Waals surface area (Å²) in [5.74, 6) is 0.393. The monoisotopic (exact) mass is 267 g/mol. The third-order valence-corrected chi connectivity index (χ3v) is 3.94. The molecule has 0 radical (unpaired) electrons. The highest BCUT2D eigenvalue weighted by atomic mass is 19.1. The summed E-state index contributed by atoms with van der Waals surface area (Å²) in [7, 11) is 1.72. The Labute approximate surface area is 114 Å². The van der Waals surface area contributed by atoms with Gasteiger partial charge >= 0.3 is 0 Å². The van der Waals surface area contributed by atoms with Gasteiger partial charge in [-0.2, -0.15) is 0 Å². The zero-order valence-electron chi connectivity index (χ0n) is 11.6. The van der Waals surface area contributed by atoms with Crippen molar-refractivity contribution in [2.75, 3.05) is 26.8 Å². The number of nitrogens with zero attached hydrogens (tertiary/aromatic N) is 1. The number of benzene rings is 1. The van der Waals surface area contributed by atoms with Crippen LogP contribution < -0.4 is 0 Å². The molecule has 106 valence electrons. The Hall–Kier alpha value is -1.13. The van der Waals surface area contributed by atoms with Crippen LogP contribution in [0.15, 0.2) is 18.2 Å². The molecule has 19 heavy (non-hydrogen) atoms. The van der Waals surface area contributed by atoms with Crippen molar-refractivity contribution < 1.29 is 14.2 Å². The number of methoxy groups -OCH3 is 1. The maximum Gasteiger partial charge on any atom is 0.123 e. The second-order valence-electron chi connectivity index (χ2n) is 5.34. The Morgan fingerprint density at radius 1 is 1.53 bits per heavy atom. The van der Waals surface area contributed by atoms with Gasteiger partial charge in [-0.15, -0.1) is 0 Å². The number of phenols is 1. The van der Waals surface area contributed by atoms with Crippen molar-refractivity contribution in [2.24, 2.45) is 5.92 Å². The highest BCUT2D eigenvalue weighted by Crippen LogP contribution is 2.32. The van der Waals surface area contributed by atoms with Crippen LogP contribution in [0.3, 0.4) is 0 Å². The Kier molecular flexibility index (Phi) is 4.77. The third kappa shape index (κ3) is 3.45. The maximum atomic E-state index is 13.3. The molecule has 1 aromatic rings. The lowest BCUT2D eigenvalue weighted by atomic mass is 9.95. The first-order valence-electron chi connectivity index (χ1n) is 6.83. The predicted molar refractivity (Wildman–Crippen MR) is 72.7 cm³/mol.